The summed E-state index contributed by atoms with van der Waals surface area (Å²) in [7, 11) is 1.75. The van der Waals surface area contributed by atoms with Crippen molar-refractivity contribution in [1.82, 2.24) is 4.31 Å². The minimum Gasteiger partial charge on any atom is -0.378 e. The van der Waals surface area contributed by atoms with E-state index in [0.717, 1.165) is 15.6 Å². The van der Waals surface area contributed by atoms with Gasteiger partial charge in [0, 0.05) is 33.4 Å². The molecule has 0 radical (unpaired) electrons. The first-order chi connectivity index (χ1) is 7.30. The first-order valence-corrected chi connectivity index (χ1v) is 6.31. The summed E-state index contributed by atoms with van der Waals surface area (Å²) in [6.45, 7) is 0.284. The first kappa shape index (κ1) is 13.0. The molecule has 2 N–H and O–H groups in total. The summed E-state index contributed by atoms with van der Waals surface area (Å²) < 4.78 is 23.1. The highest BCUT2D eigenvalue weighted by Crippen LogP contribution is 2.13. The molecule has 0 aliphatic rings. The van der Waals surface area contributed by atoms with Gasteiger partial charge in [-0.25, -0.2) is 5.14 Å². The Kier molecular flexibility index (Phi) is 3.90. The van der Waals surface area contributed by atoms with Gasteiger partial charge in [-0.15, -0.1) is 0 Å². The molecule has 1 rings (SSSR count). The summed E-state index contributed by atoms with van der Waals surface area (Å²) in [4.78, 5) is 1.98. The molecule has 16 heavy (non-hydrogen) atoms. The molecule has 0 saturated heterocycles. The normalized spacial score (nSPS) is 11.8. The molecular weight excluding hydrogens is 226 g/mol. The fourth-order valence-electron chi connectivity index (χ4n) is 1.25. The van der Waals surface area contributed by atoms with Gasteiger partial charge in [-0.1, -0.05) is 12.1 Å². The van der Waals surface area contributed by atoms with Crippen LogP contribution in [0.1, 0.15) is 5.56 Å². The number of nitrogens with zero attached hydrogens (tertiary/aromatic N) is 2. The van der Waals surface area contributed by atoms with E-state index in [0.29, 0.717) is 0 Å². The summed E-state index contributed by atoms with van der Waals surface area (Å²) >= 11 is 0. The fourth-order valence-corrected chi connectivity index (χ4v) is 1.58. The van der Waals surface area contributed by atoms with E-state index >= 15 is 0 Å². The number of benzene rings is 1. The second kappa shape index (κ2) is 4.82. The van der Waals surface area contributed by atoms with Crippen molar-refractivity contribution in [3.63, 3.8) is 0 Å². The van der Waals surface area contributed by atoms with Gasteiger partial charge in [0.05, 0.1) is 0 Å². The molecule has 0 saturated carbocycles. The summed E-state index contributed by atoms with van der Waals surface area (Å²) in [6, 6.07) is 7.65. The van der Waals surface area contributed by atoms with Gasteiger partial charge in [0.15, 0.2) is 0 Å². The van der Waals surface area contributed by atoms with Crippen molar-refractivity contribution in [1.29, 1.82) is 0 Å². The maximum Gasteiger partial charge on any atom is 0.276 e. The second-order valence-electron chi connectivity index (χ2n) is 3.86. The number of nitrogens with two attached hydrogens (primary N) is 1. The molecule has 0 aromatic heterocycles. The zero-order valence-corrected chi connectivity index (χ0v) is 10.5. The van der Waals surface area contributed by atoms with Crippen molar-refractivity contribution in [3.05, 3.63) is 29.8 Å². The van der Waals surface area contributed by atoms with Crippen LogP contribution in [0, 0.1) is 0 Å². The number of rotatable bonds is 4. The molecule has 5 nitrogen and oxygen atoms in total. The lowest BCUT2D eigenvalue weighted by Gasteiger charge is -2.15. The van der Waals surface area contributed by atoms with Crippen LogP contribution in [0.4, 0.5) is 5.69 Å². The van der Waals surface area contributed by atoms with Crippen LogP contribution in [0.3, 0.4) is 0 Å². The molecule has 0 bridgehead atoms. The molecule has 6 heteroatoms. The molecule has 0 fully saturated rings. The van der Waals surface area contributed by atoms with E-state index in [2.05, 4.69) is 0 Å². The van der Waals surface area contributed by atoms with Crippen molar-refractivity contribution >= 4 is 15.9 Å². The molecule has 0 aliphatic carbocycles. The molecule has 0 unspecified atom stereocenters. The third-order valence-corrected chi connectivity index (χ3v) is 3.29. The highest BCUT2D eigenvalue weighted by atomic mass is 32.2. The minimum absolute atomic E-state index is 0.284. The third kappa shape index (κ3) is 3.48. The van der Waals surface area contributed by atoms with Crippen molar-refractivity contribution < 1.29 is 8.42 Å². The van der Waals surface area contributed by atoms with E-state index in [1.54, 1.807) is 0 Å². The number of hydrogen-bond donors (Lipinski definition) is 1. The van der Waals surface area contributed by atoms with Crippen LogP contribution in [0.25, 0.3) is 0 Å². The number of anilines is 1. The molecule has 0 spiro atoms. The largest absolute Gasteiger partial charge is 0.378 e. The Balaban J connectivity index is 2.77. The van der Waals surface area contributed by atoms with E-state index in [1.807, 2.05) is 43.3 Å². The molecule has 0 amide bonds. The highest BCUT2D eigenvalue weighted by molar-refractivity contribution is 7.86. The van der Waals surface area contributed by atoms with Crippen LogP contribution in [0.5, 0.6) is 0 Å². The molecule has 1 aromatic carbocycles. The maximum absolute atomic E-state index is 11.0. The minimum atomic E-state index is -3.60. The van der Waals surface area contributed by atoms with Crippen LogP contribution < -0.4 is 10.0 Å². The molecule has 0 heterocycles. The summed E-state index contributed by atoms with van der Waals surface area (Å²) in [5, 5.41) is 4.99. The molecule has 0 atom stereocenters. The lowest BCUT2D eigenvalue weighted by Crippen LogP contribution is -2.32. The van der Waals surface area contributed by atoms with Gasteiger partial charge in [0.1, 0.15) is 0 Å². The van der Waals surface area contributed by atoms with E-state index in [9.17, 15) is 8.42 Å². The van der Waals surface area contributed by atoms with Gasteiger partial charge in [-0.3, -0.25) is 0 Å². The van der Waals surface area contributed by atoms with Crippen LogP contribution in [0.15, 0.2) is 24.3 Å². The topological polar surface area (TPSA) is 66.6 Å². The Morgan fingerprint density at radius 3 is 2.00 bits per heavy atom. The maximum atomic E-state index is 11.0. The summed E-state index contributed by atoms with van der Waals surface area (Å²) in [5.74, 6) is 0. The van der Waals surface area contributed by atoms with Crippen molar-refractivity contribution in [2.45, 2.75) is 6.54 Å². The third-order valence-electron chi connectivity index (χ3n) is 2.29. The Hall–Kier alpha value is -1.11. The van der Waals surface area contributed by atoms with E-state index in [4.69, 9.17) is 5.14 Å². The molecular formula is C10H17N3O2S. The summed E-state index contributed by atoms with van der Waals surface area (Å²) in [5.41, 5.74) is 1.98. The summed E-state index contributed by atoms with van der Waals surface area (Å²) in [6.07, 6.45) is 0. The zero-order valence-electron chi connectivity index (χ0n) is 9.71. The Morgan fingerprint density at radius 2 is 1.62 bits per heavy atom. The van der Waals surface area contributed by atoms with Gasteiger partial charge in [-0.05, 0) is 17.7 Å². The van der Waals surface area contributed by atoms with Crippen LogP contribution >= 0.6 is 0 Å². The predicted molar refractivity (Wildman–Crippen MR) is 65.3 cm³/mol. The van der Waals surface area contributed by atoms with Crippen molar-refractivity contribution in [2.24, 2.45) is 5.14 Å². The second-order valence-corrected chi connectivity index (χ2v) is 5.52. The van der Waals surface area contributed by atoms with Gasteiger partial charge in [0.25, 0.3) is 10.2 Å². The van der Waals surface area contributed by atoms with Crippen molar-refractivity contribution in [3.8, 4) is 0 Å². The lowest BCUT2D eigenvalue weighted by atomic mass is 10.2. The first-order valence-electron chi connectivity index (χ1n) is 4.81. The zero-order chi connectivity index (χ0) is 12.3. The van der Waals surface area contributed by atoms with E-state index in [-0.39, 0.29) is 6.54 Å². The van der Waals surface area contributed by atoms with E-state index in [1.165, 1.54) is 7.05 Å². The van der Waals surface area contributed by atoms with Gasteiger partial charge in [-0.2, -0.15) is 12.7 Å². The molecule has 90 valence electrons. The average Bonchev–Trinajstić information content (AvgIpc) is 2.17. The Labute approximate surface area is 96.6 Å². The lowest BCUT2D eigenvalue weighted by molar-refractivity contribution is 0.468. The van der Waals surface area contributed by atoms with Crippen LogP contribution in [-0.4, -0.2) is 33.9 Å². The molecule has 0 aliphatic heterocycles. The average molecular weight is 243 g/mol. The smallest absolute Gasteiger partial charge is 0.276 e. The fraction of sp³-hybridized carbons (Fsp3) is 0.400. The van der Waals surface area contributed by atoms with Crippen molar-refractivity contribution in [2.75, 3.05) is 26.0 Å². The monoisotopic (exact) mass is 243 g/mol. The SMILES string of the molecule is CN(C)c1ccc(CN(C)S(N)(=O)=O)cc1. The number of hydrogen-bond acceptors (Lipinski definition) is 3. The highest BCUT2D eigenvalue weighted by Gasteiger charge is 2.11. The quantitative estimate of drug-likeness (QED) is 0.831. The van der Waals surface area contributed by atoms with Gasteiger partial charge >= 0.3 is 0 Å². The Morgan fingerprint density at radius 1 is 1.12 bits per heavy atom. The van der Waals surface area contributed by atoms with Crippen LogP contribution in [-0.2, 0) is 16.8 Å². The van der Waals surface area contributed by atoms with Gasteiger partial charge < -0.3 is 4.90 Å². The predicted octanol–water partition coefficient (Wildman–Crippen LogP) is 0.388. The van der Waals surface area contributed by atoms with Crippen LogP contribution in [0.2, 0.25) is 0 Å². The molecule has 1 aromatic rings. The Bertz CT molecular complexity index is 440. The van der Waals surface area contributed by atoms with E-state index < -0.39 is 10.2 Å². The van der Waals surface area contributed by atoms with Gasteiger partial charge in [0.2, 0.25) is 0 Å². The standard InChI is InChI=1S/C10H17N3O2S/c1-12(2)10-6-4-9(5-7-10)8-13(3)16(11,14)15/h4-7H,8H2,1-3H3,(H2,11,14,15).